The molecule has 9 heteroatoms. The zero-order valence-electron chi connectivity index (χ0n) is 18.2. The lowest BCUT2D eigenvalue weighted by Gasteiger charge is -2.11. The van der Waals surface area contributed by atoms with Crippen LogP contribution in [0.1, 0.15) is 11.3 Å². The van der Waals surface area contributed by atoms with Crippen molar-refractivity contribution in [3.8, 4) is 22.6 Å². The standard InChI is InChI=1S/C24H20ClFN6O/c1-14-8-19(18-6-4-16(26)9-20(18)25)23-29-24(30-32(23)11-14)28-17-5-7-21(22(10-17)33-3)31-12-15(2)27-13-31/h4-13H,1-3H3,(H,28,30). The zero-order chi connectivity index (χ0) is 23.1. The lowest BCUT2D eigenvalue weighted by atomic mass is 10.1. The van der Waals surface area contributed by atoms with E-state index in [1.165, 1.54) is 12.1 Å². The molecule has 33 heavy (non-hydrogen) atoms. The number of fused-ring (bicyclic) bond motifs is 1. The van der Waals surface area contributed by atoms with Gasteiger partial charge in [-0.05, 0) is 55.8 Å². The third-order valence-corrected chi connectivity index (χ3v) is 5.53. The van der Waals surface area contributed by atoms with E-state index in [1.807, 2.05) is 55.1 Å². The summed E-state index contributed by atoms with van der Waals surface area (Å²) < 4.78 is 22.7. The minimum absolute atomic E-state index is 0.315. The number of aryl methyl sites for hydroxylation is 2. The average Bonchev–Trinajstić information content (AvgIpc) is 3.39. The topological polar surface area (TPSA) is 69.3 Å². The second kappa shape index (κ2) is 8.22. The Morgan fingerprint density at radius 3 is 2.61 bits per heavy atom. The normalized spacial score (nSPS) is 11.2. The number of imidazole rings is 1. The van der Waals surface area contributed by atoms with E-state index in [1.54, 1.807) is 24.0 Å². The van der Waals surface area contributed by atoms with Crippen molar-refractivity contribution in [1.29, 1.82) is 0 Å². The van der Waals surface area contributed by atoms with E-state index in [4.69, 9.17) is 16.3 Å². The van der Waals surface area contributed by atoms with Gasteiger partial charge in [-0.1, -0.05) is 11.6 Å². The summed E-state index contributed by atoms with van der Waals surface area (Å²) in [5.74, 6) is 0.698. The maximum Gasteiger partial charge on any atom is 0.247 e. The van der Waals surface area contributed by atoms with Crippen LogP contribution in [0.4, 0.5) is 16.0 Å². The van der Waals surface area contributed by atoms with Gasteiger partial charge >= 0.3 is 0 Å². The summed E-state index contributed by atoms with van der Waals surface area (Å²) in [5, 5.41) is 8.11. The number of anilines is 2. The van der Waals surface area contributed by atoms with Gasteiger partial charge in [-0.2, -0.15) is 4.98 Å². The van der Waals surface area contributed by atoms with E-state index < -0.39 is 0 Å². The van der Waals surface area contributed by atoms with Crippen molar-refractivity contribution in [2.75, 3.05) is 12.4 Å². The Morgan fingerprint density at radius 1 is 1.03 bits per heavy atom. The molecule has 0 bridgehead atoms. The van der Waals surface area contributed by atoms with E-state index >= 15 is 0 Å². The highest BCUT2D eigenvalue weighted by Crippen LogP contribution is 2.33. The molecule has 0 aliphatic carbocycles. The molecule has 0 atom stereocenters. The Balaban J connectivity index is 1.52. The largest absolute Gasteiger partial charge is 0.494 e. The number of hydrogen-bond acceptors (Lipinski definition) is 5. The molecule has 3 heterocycles. The maximum atomic E-state index is 13.6. The molecule has 0 radical (unpaired) electrons. The number of halogens is 2. The highest BCUT2D eigenvalue weighted by atomic mass is 35.5. The first-order valence-electron chi connectivity index (χ1n) is 10.2. The molecule has 0 aliphatic heterocycles. The molecule has 0 aliphatic rings. The summed E-state index contributed by atoms with van der Waals surface area (Å²) in [6, 6.07) is 12.0. The number of aromatic nitrogens is 5. The number of hydrogen-bond donors (Lipinski definition) is 1. The molecule has 0 saturated heterocycles. The van der Waals surface area contributed by atoms with E-state index in [-0.39, 0.29) is 5.82 Å². The highest BCUT2D eigenvalue weighted by molar-refractivity contribution is 6.33. The third kappa shape index (κ3) is 4.01. The van der Waals surface area contributed by atoms with Crippen LogP contribution < -0.4 is 10.1 Å². The summed E-state index contributed by atoms with van der Waals surface area (Å²) in [7, 11) is 1.62. The molecule has 0 spiro atoms. The summed E-state index contributed by atoms with van der Waals surface area (Å²) >= 11 is 6.32. The molecule has 0 unspecified atom stereocenters. The smallest absolute Gasteiger partial charge is 0.247 e. The molecule has 166 valence electrons. The van der Waals surface area contributed by atoms with Crippen molar-refractivity contribution >= 4 is 28.9 Å². The number of pyridine rings is 1. The van der Waals surface area contributed by atoms with Gasteiger partial charge in [0.05, 0.1) is 29.8 Å². The molecule has 5 aromatic rings. The van der Waals surface area contributed by atoms with Gasteiger partial charge in [0.2, 0.25) is 5.95 Å². The van der Waals surface area contributed by atoms with Gasteiger partial charge in [0.25, 0.3) is 0 Å². The van der Waals surface area contributed by atoms with Crippen LogP contribution in [-0.4, -0.2) is 31.3 Å². The van der Waals surface area contributed by atoms with Crippen LogP contribution in [0.3, 0.4) is 0 Å². The summed E-state index contributed by atoms with van der Waals surface area (Å²) in [6.45, 7) is 3.89. The van der Waals surface area contributed by atoms with Crippen molar-refractivity contribution in [3.05, 3.63) is 83.3 Å². The fourth-order valence-corrected chi connectivity index (χ4v) is 4.00. The zero-order valence-corrected chi connectivity index (χ0v) is 18.9. The molecule has 0 amide bonds. The van der Waals surface area contributed by atoms with Crippen LogP contribution in [0, 0.1) is 19.7 Å². The van der Waals surface area contributed by atoms with Gasteiger partial charge in [0.15, 0.2) is 5.65 Å². The second-order valence-corrected chi connectivity index (χ2v) is 8.10. The van der Waals surface area contributed by atoms with Gasteiger partial charge in [-0.15, -0.1) is 5.10 Å². The van der Waals surface area contributed by atoms with Crippen molar-refractivity contribution in [1.82, 2.24) is 24.1 Å². The summed E-state index contributed by atoms with van der Waals surface area (Å²) in [5.41, 5.74) is 5.58. The van der Waals surface area contributed by atoms with Crippen LogP contribution in [0.25, 0.3) is 22.5 Å². The molecule has 2 aromatic carbocycles. The number of nitrogens with zero attached hydrogens (tertiary/aromatic N) is 5. The predicted octanol–water partition coefficient (Wildman–Crippen LogP) is 5.74. The van der Waals surface area contributed by atoms with Crippen molar-refractivity contribution in [3.63, 3.8) is 0 Å². The number of ether oxygens (including phenoxy) is 1. The number of methoxy groups -OCH3 is 1. The molecule has 7 nitrogen and oxygen atoms in total. The molecule has 5 rings (SSSR count). The quantitative estimate of drug-likeness (QED) is 0.360. The Bertz CT molecular complexity index is 1490. The van der Waals surface area contributed by atoms with Crippen LogP contribution >= 0.6 is 11.6 Å². The minimum atomic E-state index is -0.389. The van der Waals surface area contributed by atoms with Gasteiger partial charge in [0, 0.05) is 35.3 Å². The van der Waals surface area contributed by atoms with E-state index in [2.05, 4.69) is 20.4 Å². The van der Waals surface area contributed by atoms with Gasteiger partial charge in [-0.3, -0.25) is 0 Å². The van der Waals surface area contributed by atoms with E-state index in [9.17, 15) is 4.39 Å². The predicted molar refractivity (Wildman–Crippen MR) is 126 cm³/mol. The highest BCUT2D eigenvalue weighted by Gasteiger charge is 2.15. The second-order valence-electron chi connectivity index (χ2n) is 7.69. The fraction of sp³-hybridized carbons (Fsp3) is 0.125. The van der Waals surface area contributed by atoms with Crippen LogP contribution in [0.2, 0.25) is 5.02 Å². The lowest BCUT2D eigenvalue weighted by Crippen LogP contribution is -1.98. The van der Waals surface area contributed by atoms with Gasteiger partial charge in [-0.25, -0.2) is 13.9 Å². The monoisotopic (exact) mass is 462 g/mol. The Hall–Kier alpha value is -3.91. The SMILES string of the molecule is COc1cc(Nc2nc3c(-c4ccc(F)cc4Cl)cc(C)cn3n2)ccc1-n1cnc(C)c1. The lowest BCUT2D eigenvalue weighted by molar-refractivity contribution is 0.413. The Labute approximate surface area is 194 Å². The third-order valence-electron chi connectivity index (χ3n) is 5.22. The number of rotatable bonds is 5. The molecular weight excluding hydrogens is 443 g/mol. The first kappa shape index (κ1) is 21.0. The van der Waals surface area contributed by atoms with Crippen LogP contribution in [0.15, 0.2) is 61.2 Å². The molecule has 1 N–H and O–H groups in total. The minimum Gasteiger partial charge on any atom is -0.494 e. The average molecular weight is 463 g/mol. The van der Waals surface area contributed by atoms with Crippen LogP contribution in [0.5, 0.6) is 5.75 Å². The van der Waals surface area contributed by atoms with E-state index in [0.29, 0.717) is 27.9 Å². The fourth-order valence-electron chi connectivity index (χ4n) is 3.73. The molecule has 0 fully saturated rings. The first-order chi connectivity index (χ1) is 15.9. The van der Waals surface area contributed by atoms with Gasteiger partial charge < -0.3 is 14.6 Å². The number of nitrogens with one attached hydrogen (secondary N) is 1. The summed E-state index contributed by atoms with van der Waals surface area (Å²) in [6.07, 6.45) is 5.55. The van der Waals surface area contributed by atoms with Crippen LogP contribution in [-0.2, 0) is 0 Å². The van der Waals surface area contributed by atoms with Crippen molar-refractivity contribution in [2.24, 2.45) is 0 Å². The van der Waals surface area contributed by atoms with Crippen molar-refractivity contribution < 1.29 is 9.13 Å². The van der Waals surface area contributed by atoms with Gasteiger partial charge in [0.1, 0.15) is 11.6 Å². The molecular formula is C24H20ClFN6O. The van der Waals surface area contributed by atoms with E-state index in [0.717, 1.165) is 28.2 Å². The first-order valence-corrected chi connectivity index (χ1v) is 10.6. The summed E-state index contributed by atoms with van der Waals surface area (Å²) in [4.78, 5) is 8.93. The Kier molecular flexibility index (Phi) is 5.22. The number of benzene rings is 2. The maximum absolute atomic E-state index is 13.6. The van der Waals surface area contributed by atoms with Crippen molar-refractivity contribution in [2.45, 2.75) is 13.8 Å². The molecule has 3 aromatic heterocycles. The molecule has 0 saturated carbocycles. The Morgan fingerprint density at radius 2 is 1.88 bits per heavy atom.